The number of hydrogen-bond acceptors (Lipinski definition) is 2. The molecule has 0 saturated carbocycles. The first-order valence-electron chi connectivity index (χ1n) is 7.10. The van der Waals surface area contributed by atoms with Crippen LogP contribution in [0.5, 0.6) is 0 Å². The Morgan fingerprint density at radius 1 is 0.944 bits per heavy atom. The first-order chi connectivity index (χ1) is 7.87. The summed E-state index contributed by atoms with van der Waals surface area (Å²) in [6.07, 6.45) is 1.000. The Bertz CT molecular complexity index is 306. The highest BCUT2D eigenvalue weighted by Gasteiger charge is 2.50. The third-order valence-electron chi connectivity index (χ3n) is 6.25. The summed E-state index contributed by atoms with van der Waals surface area (Å²) in [4.78, 5) is 0. The van der Waals surface area contributed by atoms with Crippen LogP contribution < -0.4 is 5.32 Å². The maximum Gasteiger partial charge on any atom is 0.291 e. The van der Waals surface area contributed by atoms with Gasteiger partial charge in [-0.05, 0) is 42.3 Å². The monoisotopic (exact) mass is 252 g/mol. The second-order valence-corrected chi connectivity index (χ2v) is 8.43. The van der Waals surface area contributed by atoms with Gasteiger partial charge in [0.15, 0.2) is 0 Å². The average Bonchev–Trinajstić information content (AvgIpc) is 2.21. The molecule has 0 spiro atoms. The molecule has 1 aliphatic rings. The number of nitrogens with one attached hydrogen (secondary N) is 1. The molecule has 18 heavy (non-hydrogen) atoms. The molecule has 1 rings (SSSR count). The summed E-state index contributed by atoms with van der Waals surface area (Å²) in [6.45, 7) is 19.3. The van der Waals surface area contributed by atoms with Gasteiger partial charge in [0.25, 0.3) is 7.48 Å². The third kappa shape index (κ3) is 2.49. The second kappa shape index (κ2) is 4.52. The van der Waals surface area contributed by atoms with Crippen LogP contribution in [-0.4, -0.2) is 24.6 Å². The molecule has 0 bridgehead atoms. The zero-order chi connectivity index (χ0) is 14.4. The van der Waals surface area contributed by atoms with Gasteiger partial charge in [0, 0.05) is 12.1 Å². The van der Waals surface area contributed by atoms with Gasteiger partial charge in [-0.25, -0.2) is 0 Å². The molecule has 1 atom stereocenters. The summed E-state index contributed by atoms with van der Waals surface area (Å²) in [7, 11) is 1.44. The summed E-state index contributed by atoms with van der Waals surface area (Å²) in [6, 6.07) is 0. The predicted molar refractivity (Wildman–Crippen MR) is 79.8 cm³/mol. The van der Waals surface area contributed by atoms with Crippen LogP contribution in [0.4, 0.5) is 0 Å². The Balaban J connectivity index is 3.18. The van der Waals surface area contributed by atoms with Crippen molar-refractivity contribution in [1.82, 2.24) is 5.32 Å². The molecule has 1 fully saturated rings. The van der Waals surface area contributed by atoms with Crippen molar-refractivity contribution in [2.75, 3.05) is 6.54 Å². The smallest absolute Gasteiger partial charge is 0.291 e. The van der Waals surface area contributed by atoms with E-state index in [4.69, 9.17) is 0 Å². The third-order valence-corrected chi connectivity index (χ3v) is 6.25. The standard InChI is InChI=1S/C15H31BNO/c1-12(2)9-11(16-18)14(5,6)13(3,4)10-17-15(12,7)8/h11,17-18H,9-10H2,1-8H3. The van der Waals surface area contributed by atoms with Gasteiger partial charge in [0.05, 0.1) is 0 Å². The Labute approximate surface area is 114 Å². The van der Waals surface area contributed by atoms with Gasteiger partial charge >= 0.3 is 0 Å². The fourth-order valence-electron chi connectivity index (χ4n) is 2.71. The van der Waals surface area contributed by atoms with E-state index in [9.17, 15) is 5.02 Å². The van der Waals surface area contributed by atoms with Gasteiger partial charge in [-0.15, -0.1) is 0 Å². The molecule has 1 radical (unpaired) electrons. The molecule has 0 aromatic heterocycles. The Morgan fingerprint density at radius 2 is 1.44 bits per heavy atom. The molecule has 2 nitrogen and oxygen atoms in total. The van der Waals surface area contributed by atoms with E-state index < -0.39 is 0 Å². The molecule has 0 aromatic carbocycles. The molecule has 0 aliphatic carbocycles. The molecule has 3 heteroatoms. The fourth-order valence-corrected chi connectivity index (χ4v) is 2.71. The fraction of sp³-hybridized carbons (Fsp3) is 1.00. The van der Waals surface area contributed by atoms with Crippen LogP contribution >= 0.6 is 0 Å². The van der Waals surface area contributed by atoms with Crippen molar-refractivity contribution in [3.05, 3.63) is 0 Å². The molecule has 1 unspecified atom stereocenters. The molecular formula is C15H31BNO. The van der Waals surface area contributed by atoms with E-state index in [0.717, 1.165) is 13.0 Å². The van der Waals surface area contributed by atoms with Crippen molar-refractivity contribution in [1.29, 1.82) is 0 Å². The van der Waals surface area contributed by atoms with E-state index in [1.807, 2.05) is 0 Å². The lowest BCUT2D eigenvalue weighted by Crippen LogP contribution is -2.59. The molecule has 2 N–H and O–H groups in total. The summed E-state index contributed by atoms with van der Waals surface area (Å²) in [5.74, 6) is 0.226. The second-order valence-electron chi connectivity index (χ2n) is 8.43. The lowest BCUT2D eigenvalue weighted by Gasteiger charge is -2.56. The SMILES string of the molecule is CC1(C)CC([B]O)C(C)(C)C(C)(C)CNC1(C)C. The topological polar surface area (TPSA) is 32.3 Å². The summed E-state index contributed by atoms with van der Waals surface area (Å²) in [5.41, 5.74) is 0.430. The van der Waals surface area contributed by atoms with Gasteiger partial charge in [0.2, 0.25) is 0 Å². The van der Waals surface area contributed by atoms with Crippen LogP contribution in [0, 0.1) is 16.2 Å². The number of hydrogen-bond donors (Lipinski definition) is 2. The molecule has 0 amide bonds. The molecular weight excluding hydrogens is 221 g/mol. The molecule has 1 aliphatic heterocycles. The maximum atomic E-state index is 9.73. The predicted octanol–water partition coefficient (Wildman–Crippen LogP) is 3.24. The van der Waals surface area contributed by atoms with Crippen LogP contribution in [0.3, 0.4) is 0 Å². The van der Waals surface area contributed by atoms with E-state index in [1.165, 1.54) is 7.48 Å². The lowest BCUT2D eigenvalue weighted by atomic mass is 9.48. The van der Waals surface area contributed by atoms with Gasteiger partial charge in [0.1, 0.15) is 0 Å². The van der Waals surface area contributed by atoms with Crippen LogP contribution in [0.15, 0.2) is 0 Å². The molecule has 1 heterocycles. The van der Waals surface area contributed by atoms with Crippen LogP contribution in [0.1, 0.15) is 61.8 Å². The maximum absolute atomic E-state index is 9.73. The summed E-state index contributed by atoms with van der Waals surface area (Å²) < 4.78 is 0. The van der Waals surface area contributed by atoms with E-state index in [-0.39, 0.29) is 27.6 Å². The highest BCUT2D eigenvalue weighted by Crippen LogP contribution is 2.54. The Hall–Kier alpha value is -0.0151. The summed E-state index contributed by atoms with van der Waals surface area (Å²) in [5, 5.41) is 13.5. The van der Waals surface area contributed by atoms with Gasteiger partial charge in [-0.1, -0.05) is 41.5 Å². The average molecular weight is 252 g/mol. The zero-order valence-corrected chi connectivity index (χ0v) is 13.5. The highest BCUT2D eigenvalue weighted by atomic mass is 16.2. The van der Waals surface area contributed by atoms with Gasteiger partial charge in [-0.3, -0.25) is 0 Å². The minimum absolute atomic E-state index is 0.0715. The van der Waals surface area contributed by atoms with Crippen molar-refractivity contribution in [2.24, 2.45) is 16.2 Å². The quantitative estimate of drug-likeness (QED) is 0.702. The van der Waals surface area contributed by atoms with Crippen molar-refractivity contribution in [3.8, 4) is 0 Å². The Morgan fingerprint density at radius 3 is 1.89 bits per heavy atom. The zero-order valence-electron chi connectivity index (χ0n) is 13.5. The van der Waals surface area contributed by atoms with Gasteiger partial charge < -0.3 is 10.3 Å². The van der Waals surface area contributed by atoms with E-state index >= 15 is 0 Å². The first-order valence-corrected chi connectivity index (χ1v) is 7.10. The summed E-state index contributed by atoms with van der Waals surface area (Å²) >= 11 is 0. The molecule has 105 valence electrons. The van der Waals surface area contributed by atoms with Crippen molar-refractivity contribution in [2.45, 2.75) is 73.2 Å². The largest absolute Gasteiger partial charge is 0.454 e. The van der Waals surface area contributed by atoms with E-state index in [2.05, 4.69) is 60.7 Å². The van der Waals surface area contributed by atoms with E-state index in [0.29, 0.717) is 0 Å². The molecule has 1 saturated heterocycles. The minimum Gasteiger partial charge on any atom is -0.454 e. The van der Waals surface area contributed by atoms with Gasteiger partial charge in [-0.2, -0.15) is 0 Å². The van der Waals surface area contributed by atoms with E-state index in [1.54, 1.807) is 0 Å². The van der Waals surface area contributed by atoms with Crippen LogP contribution in [0.25, 0.3) is 0 Å². The first kappa shape index (κ1) is 16.0. The number of rotatable bonds is 1. The molecule has 0 aromatic rings. The lowest BCUT2D eigenvalue weighted by molar-refractivity contribution is 0.0111. The van der Waals surface area contributed by atoms with Crippen LogP contribution in [0.2, 0.25) is 5.82 Å². The van der Waals surface area contributed by atoms with Crippen molar-refractivity contribution >= 4 is 7.48 Å². The minimum atomic E-state index is 0.0715. The Kier molecular flexibility index (Phi) is 4.03. The normalized spacial score (nSPS) is 33.3. The van der Waals surface area contributed by atoms with Crippen molar-refractivity contribution < 1.29 is 5.02 Å². The van der Waals surface area contributed by atoms with Crippen molar-refractivity contribution in [3.63, 3.8) is 0 Å². The highest BCUT2D eigenvalue weighted by molar-refractivity contribution is 6.28. The van der Waals surface area contributed by atoms with Crippen LogP contribution in [-0.2, 0) is 0 Å².